The molecule has 0 spiro atoms. The van der Waals surface area contributed by atoms with Crippen LogP contribution in [0.25, 0.3) is 0 Å². The van der Waals surface area contributed by atoms with E-state index in [0.29, 0.717) is 18.5 Å². The first-order chi connectivity index (χ1) is 9.33. The molecule has 0 unspecified atom stereocenters. The Balaban J connectivity index is 2.29. The number of nitrogens with zero attached hydrogens (tertiary/aromatic N) is 3. The number of anilines is 1. The van der Waals surface area contributed by atoms with Crippen LogP contribution in [-0.2, 0) is 0 Å². The van der Waals surface area contributed by atoms with E-state index in [1.807, 2.05) is 30.3 Å². The van der Waals surface area contributed by atoms with E-state index in [1.54, 1.807) is 23.2 Å². The molecule has 0 atom stereocenters. The zero-order chi connectivity index (χ0) is 13.5. The first-order valence-electron chi connectivity index (χ1n) is 5.97. The minimum atomic E-state index is -0.144. The van der Waals surface area contributed by atoms with Crippen LogP contribution >= 0.6 is 0 Å². The number of rotatable bonds is 4. The number of hydrogen-bond donors (Lipinski definition) is 0. The van der Waals surface area contributed by atoms with Gasteiger partial charge in [0.1, 0.15) is 0 Å². The topological polar surface area (TPSA) is 57.0 Å². The molecule has 0 aliphatic carbocycles. The van der Waals surface area contributed by atoms with Gasteiger partial charge in [-0.2, -0.15) is 5.26 Å². The normalized spacial score (nSPS) is 9.63. The van der Waals surface area contributed by atoms with Crippen LogP contribution in [-0.4, -0.2) is 17.4 Å². The summed E-state index contributed by atoms with van der Waals surface area (Å²) in [5.74, 6) is -0.144. The molecule has 0 aliphatic rings. The Kier molecular flexibility index (Phi) is 4.25. The van der Waals surface area contributed by atoms with E-state index in [9.17, 15) is 4.79 Å². The van der Waals surface area contributed by atoms with Crippen molar-refractivity contribution in [2.24, 2.45) is 0 Å². The molecule has 0 N–H and O–H groups in total. The van der Waals surface area contributed by atoms with E-state index >= 15 is 0 Å². The first-order valence-corrected chi connectivity index (χ1v) is 5.97. The monoisotopic (exact) mass is 251 g/mol. The van der Waals surface area contributed by atoms with Gasteiger partial charge in [-0.05, 0) is 24.3 Å². The fraction of sp³-hybridized carbons (Fsp3) is 0.133. The fourth-order valence-electron chi connectivity index (χ4n) is 1.76. The summed E-state index contributed by atoms with van der Waals surface area (Å²) < 4.78 is 0. The number of aromatic nitrogens is 1. The molecule has 0 bridgehead atoms. The summed E-state index contributed by atoms with van der Waals surface area (Å²) in [7, 11) is 0. The second-order valence-corrected chi connectivity index (χ2v) is 3.94. The number of carbonyl (C=O) groups is 1. The largest absolute Gasteiger partial charge is 0.307 e. The number of amides is 1. The van der Waals surface area contributed by atoms with Gasteiger partial charge in [0.25, 0.3) is 5.91 Å². The summed E-state index contributed by atoms with van der Waals surface area (Å²) in [5.41, 5.74) is 1.30. The van der Waals surface area contributed by atoms with Gasteiger partial charge >= 0.3 is 0 Å². The third kappa shape index (κ3) is 3.17. The number of carbonyl (C=O) groups excluding carboxylic acids is 1. The number of benzene rings is 1. The highest BCUT2D eigenvalue weighted by Crippen LogP contribution is 2.16. The summed E-state index contributed by atoms with van der Waals surface area (Å²) in [6.07, 6.45) is 3.45. The highest BCUT2D eigenvalue weighted by atomic mass is 16.2. The molecule has 4 nitrogen and oxygen atoms in total. The van der Waals surface area contributed by atoms with E-state index in [2.05, 4.69) is 11.1 Å². The number of hydrogen-bond acceptors (Lipinski definition) is 3. The van der Waals surface area contributed by atoms with Crippen LogP contribution in [0.15, 0.2) is 54.9 Å². The summed E-state index contributed by atoms with van der Waals surface area (Å²) in [6.45, 7) is 0.369. The Morgan fingerprint density at radius 2 is 2.00 bits per heavy atom. The third-order valence-corrected chi connectivity index (χ3v) is 2.67. The molecule has 4 heteroatoms. The molecule has 2 rings (SSSR count). The number of nitriles is 1. The van der Waals surface area contributed by atoms with Crippen LogP contribution in [0.4, 0.5) is 5.69 Å². The smallest absolute Gasteiger partial charge is 0.259 e. The molecular weight excluding hydrogens is 238 g/mol. The highest BCUT2D eigenvalue weighted by Gasteiger charge is 2.17. The lowest BCUT2D eigenvalue weighted by Gasteiger charge is -2.21. The van der Waals surface area contributed by atoms with Gasteiger partial charge in [0.15, 0.2) is 0 Å². The van der Waals surface area contributed by atoms with Gasteiger partial charge in [-0.3, -0.25) is 9.78 Å². The van der Waals surface area contributed by atoms with E-state index in [1.165, 1.54) is 6.20 Å². The number of para-hydroxylation sites is 1. The van der Waals surface area contributed by atoms with Crippen molar-refractivity contribution in [1.29, 1.82) is 5.26 Å². The quantitative estimate of drug-likeness (QED) is 0.839. The summed E-state index contributed by atoms with van der Waals surface area (Å²) in [4.78, 5) is 18.0. The Morgan fingerprint density at radius 3 is 2.63 bits per heavy atom. The van der Waals surface area contributed by atoms with Crippen molar-refractivity contribution in [1.82, 2.24) is 4.98 Å². The molecule has 1 heterocycles. The van der Waals surface area contributed by atoms with Crippen LogP contribution < -0.4 is 4.90 Å². The molecule has 1 aromatic heterocycles. The summed E-state index contributed by atoms with van der Waals surface area (Å²) in [5, 5.41) is 8.71. The molecule has 0 aliphatic heterocycles. The van der Waals surface area contributed by atoms with Crippen molar-refractivity contribution in [3.8, 4) is 6.07 Å². The zero-order valence-corrected chi connectivity index (χ0v) is 10.4. The minimum absolute atomic E-state index is 0.144. The lowest BCUT2D eigenvalue weighted by Crippen LogP contribution is -2.31. The van der Waals surface area contributed by atoms with Crippen LogP contribution in [0.3, 0.4) is 0 Å². The molecule has 1 amide bonds. The van der Waals surface area contributed by atoms with Crippen molar-refractivity contribution < 1.29 is 4.79 Å². The van der Waals surface area contributed by atoms with Gasteiger partial charge in [-0.15, -0.1) is 0 Å². The molecule has 0 fully saturated rings. The lowest BCUT2D eigenvalue weighted by atomic mass is 10.2. The van der Waals surface area contributed by atoms with E-state index < -0.39 is 0 Å². The molecule has 94 valence electrons. The summed E-state index contributed by atoms with van der Waals surface area (Å²) >= 11 is 0. The maximum atomic E-state index is 12.4. The van der Waals surface area contributed by atoms with Crippen molar-refractivity contribution in [2.75, 3.05) is 11.4 Å². The predicted octanol–water partition coefficient (Wildman–Crippen LogP) is 2.64. The second kappa shape index (κ2) is 6.31. The molecule has 1 aromatic carbocycles. The minimum Gasteiger partial charge on any atom is -0.307 e. The highest BCUT2D eigenvalue weighted by molar-refractivity contribution is 6.05. The average Bonchev–Trinajstić information content (AvgIpc) is 2.49. The van der Waals surface area contributed by atoms with E-state index in [4.69, 9.17) is 5.26 Å². The van der Waals surface area contributed by atoms with Crippen LogP contribution in [0.2, 0.25) is 0 Å². The van der Waals surface area contributed by atoms with Crippen molar-refractivity contribution in [3.05, 3.63) is 60.4 Å². The number of pyridine rings is 1. The third-order valence-electron chi connectivity index (χ3n) is 2.67. The van der Waals surface area contributed by atoms with Crippen LogP contribution in [0.5, 0.6) is 0 Å². The maximum Gasteiger partial charge on any atom is 0.259 e. The van der Waals surface area contributed by atoms with Crippen molar-refractivity contribution >= 4 is 11.6 Å². The van der Waals surface area contributed by atoms with Crippen LogP contribution in [0.1, 0.15) is 16.8 Å². The first kappa shape index (κ1) is 12.8. The van der Waals surface area contributed by atoms with Gasteiger partial charge in [0, 0.05) is 24.6 Å². The Labute approximate surface area is 111 Å². The molecule has 19 heavy (non-hydrogen) atoms. The van der Waals surface area contributed by atoms with Gasteiger partial charge in [-0.1, -0.05) is 18.2 Å². The van der Waals surface area contributed by atoms with Crippen LogP contribution in [0, 0.1) is 11.3 Å². The van der Waals surface area contributed by atoms with Gasteiger partial charge in [-0.25, -0.2) is 0 Å². The lowest BCUT2D eigenvalue weighted by molar-refractivity contribution is 0.0987. The fourth-order valence-corrected chi connectivity index (χ4v) is 1.76. The predicted molar refractivity (Wildman–Crippen MR) is 72.6 cm³/mol. The molecule has 0 radical (unpaired) electrons. The standard InChI is InChI=1S/C15H13N3O/c16-9-5-11-18(14-7-2-1-3-8-14)15(19)13-6-4-10-17-12-13/h1-4,6-8,10,12H,5,11H2. The SMILES string of the molecule is N#CCCN(C(=O)c1cccnc1)c1ccccc1. The average molecular weight is 251 g/mol. The van der Waals surface area contributed by atoms with E-state index in [0.717, 1.165) is 5.69 Å². The molecular formula is C15H13N3O. The van der Waals surface area contributed by atoms with E-state index in [-0.39, 0.29) is 5.91 Å². The molecule has 2 aromatic rings. The zero-order valence-electron chi connectivity index (χ0n) is 10.4. The van der Waals surface area contributed by atoms with Crippen molar-refractivity contribution in [3.63, 3.8) is 0 Å². The van der Waals surface area contributed by atoms with Gasteiger partial charge in [0.2, 0.25) is 0 Å². The molecule has 0 saturated carbocycles. The van der Waals surface area contributed by atoms with Gasteiger partial charge < -0.3 is 4.90 Å². The second-order valence-electron chi connectivity index (χ2n) is 3.94. The summed E-state index contributed by atoms with van der Waals surface area (Å²) in [6, 6.07) is 14.8. The van der Waals surface area contributed by atoms with Crippen molar-refractivity contribution in [2.45, 2.75) is 6.42 Å². The Morgan fingerprint density at radius 1 is 1.21 bits per heavy atom. The Bertz CT molecular complexity index is 575. The molecule has 0 saturated heterocycles. The maximum absolute atomic E-state index is 12.4. The van der Waals surface area contributed by atoms with Gasteiger partial charge in [0.05, 0.1) is 18.1 Å². The Hall–Kier alpha value is -2.67.